The van der Waals surface area contributed by atoms with E-state index in [4.69, 9.17) is 5.11 Å². The summed E-state index contributed by atoms with van der Waals surface area (Å²) < 4.78 is 26.6. The number of benzene rings is 1. The normalized spacial score (nSPS) is 21.2. The standard InChI is InChI=1S/C13H17N3O6S/c17-13(18)12-7-9(8-14-12)5-6-15-23(21,22)11-3-1-10(2-4-11)16(19)20/h1-4,9,12,14-15H,5-8H2,(H,17,18). The molecule has 1 aliphatic rings. The summed E-state index contributed by atoms with van der Waals surface area (Å²) >= 11 is 0. The lowest BCUT2D eigenvalue weighted by molar-refractivity contribution is -0.384. The molecule has 1 fully saturated rings. The van der Waals surface area contributed by atoms with E-state index in [1.165, 1.54) is 12.1 Å². The third-order valence-electron chi connectivity index (χ3n) is 3.72. The smallest absolute Gasteiger partial charge is 0.320 e. The highest BCUT2D eigenvalue weighted by atomic mass is 32.2. The zero-order valence-corrected chi connectivity index (χ0v) is 13.0. The number of non-ortho nitro benzene ring substituents is 1. The Labute approximate surface area is 132 Å². The van der Waals surface area contributed by atoms with Crippen LogP contribution >= 0.6 is 0 Å². The Bertz CT molecular complexity index is 688. The van der Waals surface area contributed by atoms with Gasteiger partial charge in [-0.2, -0.15) is 0 Å². The molecule has 0 aliphatic carbocycles. The number of hydrogen-bond acceptors (Lipinski definition) is 6. The SMILES string of the molecule is O=C(O)C1CC(CCNS(=O)(=O)c2ccc([N+](=O)[O-])cc2)CN1. The van der Waals surface area contributed by atoms with Crippen LogP contribution in [-0.2, 0) is 14.8 Å². The largest absolute Gasteiger partial charge is 0.480 e. The van der Waals surface area contributed by atoms with Crippen LogP contribution in [0.15, 0.2) is 29.2 Å². The van der Waals surface area contributed by atoms with Crippen LogP contribution < -0.4 is 10.0 Å². The Morgan fingerprint density at radius 1 is 1.39 bits per heavy atom. The van der Waals surface area contributed by atoms with Gasteiger partial charge in [0.25, 0.3) is 5.69 Å². The Hall–Kier alpha value is -2.04. The van der Waals surface area contributed by atoms with E-state index in [1.54, 1.807) is 0 Å². The first-order valence-electron chi connectivity index (χ1n) is 7.00. The number of carbonyl (C=O) groups is 1. The van der Waals surface area contributed by atoms with Gasteiger partial charge in [-0.05, 0) is 37.4 Å². The minimum Gasteiger partial charge on any atom is -0.480 e. The topological polar surface area (TPSA) is 139 Å². The summed E-state index contributed by atoms with van der Waals surface area (Å²) in [6, 6.07) is 4.04. The van der Waals surface area contributed by atoms with Crippen molar-refractivity contribution in [3.05, 3.63) is 34.4 Å². The molecule has 2 atom stereocenters. The van der Waals surface area contributed by atoms with Crippen molar-refractivity contribution >= 4 is 21.7 Å². The van der Waals surface area contributed by atoms with Crippen LogP contribution in [0.3, 0.4) is 0 Å². The van der Waals surface area contributed by atoms with Gasteiger partial charge in [0.15, 0.2) is 0 Å². The summed E-state index contributed by atoms with van der Waals surface area (Å²) in [5.74, 6) is -0.811. The molecule has 1 saturated heterocycles. The number of aliphatic carboxylic acids is 1. The molecule has 1 aromatic carbocycles. The van der Waals surface area contributed by atoms with Crippen LogP contribution in [0.2, 0.25) is 0 Å². The van der Waals surface area contributed by atoms with Crippen LogP contribution in [0.1, 0.15) is 12.8 Å². The van der Waals surface area contributed by atoms with Crippen molar-refractivity contribution in [2.75, 3.05) is 13.1 Å². The Morgan fingerprint density at radius 2 is 2.04 bits per heavy atom. The number of hydrogen-bond donors (Lipinski definition) is 3. The predicted molar refractivity (Wildman–Crippen MR) is 80.4 cm³/mol. The number of rotatable bonds is 7. The maximum atomic E-state index is 12.1. The van der Waals surface area contributed by atoms with Crippen molar-refractivity contribution in [3.63, 3.8) is 0 Å². The number of sulfonamides is 1. The van der Waals surface area contributed by atoms with Crippen molar-refractivity contribution in [1.29, 1.82) is 0 Å². The van der Waals surface area contributed by atoms with Crippen molar-refractivity contribution in [1.82, 2.24) is 10.0 Å². The molecule has 10 heteroatoms. The fourth-order valence-electron chi connectivity index (χ4n) is 2.44. The number of nitrogens with zero attached hydrogens (tertiary/aromatic N) is 1. The summed E-state index contributed by atoms with van der Waals surface area (Å²) in [6.07, 6.45) is 0.984. The molecule has 1 heterocycles. The molecule has 0 aromatic heterocycles. The monoisotopic (exact) mass is 343 g/mol. The Balaban J connectivity index is 1.87. The summed E-state index contributed by atoms with van der Waals surface area (Å²) in [4.78, 5) is 20.7. The first-order chi connectivity index (χ1) is 10.8. The van der Waals surface area contributed by atoms with E-state index in [2.05, 4.69) is 10.0 Å². The van der Waals surface area contributed by atoms with Crippen molar-refractivity contribution in [3.8, 4) is 0 Å². The molecule has 0 spiro atoms. The van der Waals surface area contributed by atoms with Crippen molar-refractivity contribution in [2.24, 2.45) is 5.92 Å². The van der Waals surface area contributed by atoms with Crippen LogP contribution in [0, 0.1) is 16.0 Å². The van der Waals surface area contributed by atoms with E-state index >= 15 is 0 Å². The van der Waals surface area contributed by atoms with Crippen LogP contribution in [0.5, 0.6) is 0 Å². The second-order valence-electron chi connectivity index (χ2n) is 5.34. The third kappa shape index (κ3) is 4.47. The molecular weight excluding hydrogens is 326 g/mol. The second kappa shape index (κ2) is 7.02. The van der Waals surface area contributed by atoms with Crippen LogP contribution in [0.4, 0.5) is 5.69 Å². The van der Waals surface area contributed by atoms with Gasteiger partial charge in [0.05, 0.1) is 9.82 Å². The van der Waals surface area contributed by atoms with Gasteiger partial charge >= 0.3 is 5.97 Å². The minimum absolute atomic E-state index is 0.0453. The first kappa shape index (κ1) is 17.3. The van der Waals surface area contributed by atoms with E-state index in [0.29, 0.717) is 19.4 Å². The van der Waals surface area contributed by atoms with E-state index in [9.17, 15) is 23.3 Å². The fourth-order valence-corrected chi connectivity index (χ4v) is 3.49. The van der Waals surface area contributed by atoms with Gasteiger partial charge < -0.3 is 10.4 Å². The van der Waals surface area contributed by atoms with Gasteiger partial charge in [-0.25, -0.2) is 13.1 Å². The molecule has 23 heavy (non-hydrogen) atoms. The molecule has 2 rings (SSSR count). The first-order valence-corrected chi connectivity index (χ1v) is 8.48. The molecule has 0 amide bonds. The Kier molecular flexibility index (Phi) is 5.29. The number of nitrogens with one attached hydrogen (secondary N) is 2. The lowest BCUT2D eigenvalue weighted by Crippen LogP contribution is -2.29. The van der Waals surface area contributed by atoms with Gasteiger partial charge in [-0.3, -0.25) is 14.9 Å². The van der Waals surface area contributed by atoms with Gasteiger partial charge in [0.2, 0.25) is 10.0 Å². The number of nitro benzene ring substituents is 1. The van der Waals surface area contributed by atoms with E-state index in [0.717, 1.165) is 12.1 Å². The zero-order chi connectivity index (χ0) is 17.0. The quantitative estimate of drug-likeness (QED) is 0.479. The third-order valence-corrected chi connectivity index (χ3v) is 5.20. The summed E-state index contributed by atoms with van der Waals surface area (Å²) in [5.41, 5.74) is -0.180. The molecule has 0 saturated carbocycles. The predicted octanol–water partition coefficient (Wildman–Crippen LogP) is 0.326. The molecule has 3 N–H and O–H groups in total. The van der Waals surface area contributed by atoms with Gasteiger partial charge in [0, 0.05) is 18.7 Å². The molecule has 9 nitrogen and oxygen atoms in total. The molecule has 0 bridgehead atoms. The molecule has 126 valence electrons. The lowest BCUT2D eigenvalue weighted by Gasteiger charge is -2.10. The van der Waals surface area contributed by atoms with Gasteiger partial charge in [-0.15, -0.1) is 0 Å². The molecule has 1 aliphatic heterocycles. The fraction of sp³-hybridized carbons (Fsp3) is 0.462. The second-order valence-corrected chi connectivity index (χ2v) is 7.11. The maximum absolute atomic E-state index is 12.1. The summed E-state index contributed by atoms with van der Waals surface area (Å²) in [7, 11) is -3.73. The maximum Gasteiger partial charge on any atom is 0.320 e. The average molecular weight is 343 g/mol. The summed E-state index contributed by atoms with van der Waals surface area (Å²) in [6.45, 7) is 0.717. The Morgan fingerprint density at radius 3 is 2.57 bits per heavy atom. The molecule has 0 radical (unpaired) electrons. The number of nitro groups is 1. The molecule has 2 unspecified atom stereocenters. The molecule has 1 aromatic rings. The highest BCUT2D eigenvalue weighted by molar-refractivity contribution is 7.89. The highest BCUT2D eigenvalue weighted by Gasteiger charge is 2.29. The minimum atomic E-state index is -3.73. The van der Waals surface area contributed by atoms with E-state index in [-0.39, 0.29) is 23.0 Å². The lowest BCUT2D eigenvalue weighted by atomic mass is 10.0. The van der Waals surface area contributed by atoms with Crippen LogP contribution in [0.25, 0.3) is 0 Å². The zero-order valence-electron chi connectivity index (χ0n) is 12.1. The van der Waals surface area contributed by atoms with Gasteiger partial charge in [0.1, 0.15) is 6.04 Å². The van der Waals surface area contributed by atoms with Crippen LogP contribution in [-0.4, -0.2) is 43.5 Å². The van der Waals surface area contributed by atoms with Gasteiger partial charge in [-0.1, -0.05) is 0 Å². The van der Waals surface area contributed by atoms with Crippen molar-refractivity contribution in [2.45, 2.75) is 23.8 Å². The molecular formula is C13H17N3O6S. The number of carboxylic acid groups (broad SMARTS) is 1. The highest BCUT2D eigenvalue weighted by Crippen LogP contribution is 2.18. The van der Waals surface area contributed by atoms with E-state index in [1.807, 2.05) is 0 Å². The summed E-state index contributed by atoms with van der Waals surface area (Å²) in [5, 5.41) is 22.3. The average Bonchev–Trinajstić information content (AvgIpc) is 2.96. The van der Waals surface area contributed by atoms with Crippen molar-refractivity contribution < 1.29 is 23.2 Å². The number of carboxylic acids is 1. The van der Waals surface area contributed by atoms with E-state index < -0.39 is 27.0 Å².